The molecule has 5 aliphatic carbocycles. The summed E-state index contributed by atoms with van der Waals surface area (Å²) in [5, 5.41) is 8.46. The molecule has 6 aromatic carbocycles. The quantitative estimate of drug-likeness (QED) is 0.205. The van der Waals surface area contributed by atoms with E-state index < -0.39 is 32.6 Å². The van der Waals surface area contributed by atoms with Crippen LogP contribution in [0.4, 0.5) is 0 Å². The van der Waals surface area contributed by atoms with Crippen LogP contribution in [0.2, 0.25) is 0 Å². The lowest BCUT2D eigenvalue weighted by atomic mass is 9.92. The van der Waals surface area contributed by atoms with Crippen LogP contribution in [0.1, 0.15) is 44.5 Å². The van der Waals surface area contributed by atoms with Gasteiger partial charge in [-0.15, -0.1) is 0 Å². The average molecular weight is 621 g/mol. The van der Waals surface area contributed by atoms with Crippen molar-refractivity contribution in [2.75, 3.05) is 0 Å². The minimum absolute atomic E-state index is 0.0413. The molecule has 0 spiro atoms. The Balaban J connectivity index is 1.45. The van der Waals surface area contributed by atoms with Crippen LogP contribution in [0, 0.1) is 48.6 Å². The first-order valence-corrected chi connectivity index (χ1v) is 15.9. The standard InChI is InChI=1S/C42H20O6/c1-13-21-9-17-5-6-19-11-23-15(3)26-16(4)24-12-20(40(46)36-30(24)32(26)29(23)35(39(19)45)42(36)48)8-7-18-10-22-14(2)25(13)31-27(21)33(37(17)43)41(47)34(28(22)31)38(18)44/h5-12H,1-4H3. The van der Waals surface area contributed by atoms with Crippen molar-refractivity contribution in [1.82, 2.24) is 0 Å². The number of fused-ring (bicyclic) bond motifs is 4. The first-order valence-electron chi connectivity index (χ1n) is 15.9. The fourth-order valence-corrected chi connectivity index (χ4v) is 9.54. The van der Waals surface area contributed by atoms with Crippen LogP contribution in [0.3, 0.4) is 0 Å². The molecule has 0 heterocycles. The number of hydrogen-bond donors (Lipinski definition) is 0. The van der Waals surface area contributed by atoms with Gasteiger partial charge in [0.1, 0.15) is 0 Å². The van der Waals surface area contributed by atoms with E-state index in [9.17, 15) is 28.8 Å². The van der Waals surface area contributed by atoms with Gasteiger partial charge in [-0.3, -0.25) is 28.8 Å². The molecule has 0 unspecified atom stereocenters. The molecular formula is C42H20O6. The van der Waals surface area contributed by atoms with Crippen molar-refractivity contribution >= 4 is 88.9 Å². The van der Waals surface area contributed by atoms with Gasteiger partial charge in [-0.1, -0.05) is 24.3 Å². The molecule has 0 N–H and O–H groups in total. The summed E-state index contributed by atoms with van der Waals surface area (Å²) in [4.78, 5) is 85.4. The molecule has 0 saturated heterocycles. The summed E-state index contributed by atoms with van der Waals surface area (Å²) < 4.78 is 0. The predicted molar refractivity (Wildman–Crippen MR) is 192 cm³/mol. The van der Waals surface area contributed by atoms with E-state index in [2.05, 4.69) is 0 Å². The maximum absolute atomic E-state index is 14.3. The Morgan fingerprint density at radius 1 is 0.292 bits per heavy atom. The number of rotatable bonds is 0. The Kier molecular flexibility index (Phi) is 4.16. The molecule has 6 nitrogen and oxygen atoms in total. The summed E-state index contributed by atoms with van der Waals surface area (Å²) in [5.41, 5.74) is 1.14. The van der Waals surface area contributed by atoms with Crippen molar-refractivity contribution < 1.29 is 0 Å². The van der Waals surface area contributed by atoms with Crippen molar-refractivity contribution in [2.24, 2.45) is 0 Å². The van der Waals surface area contributed by atoms with Crippen LogP contribution in [0.15, 0.2) is 53.0 Å². The third-order valence-electron chi connectivity index (χ3n) is 11.6. The van der Waals surface area contributed by atoms with E-state index in [0.29, 0.717) is 21.5 Å². The SMILES string of the molecule is Cc1c2c(C)c3cc4c(=O)c5c(=O)c6c(=O)c(cc1c6c=2c35)C=Cc1cc2c(C)c3c(C)c5cc(c(=O)c6c(=O)c(c1=O)c2c=3c56)C=C4. The minimum atomic E-state index is -0.615. The predicted octanol–water partition coefficient (Wildman–Crippen LogP) is 5.61. The maximum atomic E-state index is 14.3. The van der Waals surface area contributed by atoms with Crippen LogP contribution < -0.4 is 32.6 Å². The second-order valence-corrected chi connectivity index (χ2v) is 13.7. The lowest BCUT2D eigenvalue weighted by Gasteiger charge is -2.08. The first kappa shape index (κ1) is 26.0. The highest BCUT2D eigenvalue weighted by Gasteiger charge is 2.29. The van der Waals surface area contributed by atoms with Crippen molar-refractivity contribution in [2.45, 2.75) is 27.7 Å². The second kappa shape index (κ2) is 7.69. The zero-order valence-electron chi connectivity index (χ0n) is 26.1. The Hall–Kier alpha value is -6.14. The van der Waals surface area contributed by atoms with E-state index in [4.69, 9.17) is 0 Å². The summed E-state index contributed by atoms with van der Waals surface area (Å²) in [5.74, 6) is 0. The van der Waals surface area contributed by atoms with Gasteiger partial charge < -0.3 is 0 Å². The molecular weight excluding hydrogens is 600 g/mol. The van der Waals surface area contributed by atoms with Gasteiger partial charge in [-0.05, 0) is 117 Å². The van der Waals surface area contributed by atoms with E-state index in [1.165, 1.54) is 24.3 Å². The number of aryl methyl sites for hydroxylation is 4. The Morgan fingerprint density at radius 3 is 0.750 bits per heavy atom. The fourth-order valence-electron chi connectivity index (χ4n) is 9.54. The monoisotopic (exact) mass is 620 g/mol. The largest absolute Gasteiger partial charge is 0.288 e. The molecule has 11 rings (SSSR count). The van der Waals surface area contributed by atoms with Crippen LogP contribution in [-0.2, 0) is 0 Å². The normalized spacial score (nSPS) is 13.8. The highest BCUT2D eigenvalue weighted by molar-refractivity contribution is 6.19. The molecule has 8 bridgehead atoms. The minimum Gasteiger partial charge on any atom is -0.288 e. The molecule has 0 amide bonds. The molecule has 5 aliphatic rings. The van der Waals surface area contributed by atoms with E-state index in [0.717, 1.165) is 64.7 Å². The van der Waals surface area contributed by atoms with E-state index in [-0.39, 0.29) is 43.8 Å². The number of benzene rings is 6. The summed E-state index contributed by atoms with van der Waals surface area (Å²) >= 11 is 0. The van der Waals surface area contributed by atoms with Gasteiger partial charge in [0.15, 0.2) is 21.7 Å². The highest BCUT2D eigenvalue weighted by atomic mass is 16.1. The van der Waals surface area contributed by atoms with Crippen molar-refractivity contribution in [1.29, 1.82) is 0 Å². The fraction of sp³-hybridized carbons (Fsp3) is 0.0952. The summed E-state index contributed by atoms with van der Waals surface area (Å²) in [6.07, 6.45) is 6.10. The average Bonchev–Trinajstić information content (AvgIpc) is 3.71. The van der Waals surface area contributed by atoms with Crippen molar-refractivity contribution in [3.05, 3.63) is 151 Å². The van der Waals surface area contributed by atoms with Crippen LogP contribution in [-0.4, -0.2) is 0 Å². The van der Waals surface area contributed by atoms with E-state index in [1.807, 2.05) is 27.7 Å². The smallest absolute Gasteiger partial charge is 0.202 e. The Labute approximate surface area is 267 Å². The van der Waals surface area contributed by atoms with E-state index in [1.54, 1.807) is 24.3 Å². The third-order valence-corrected chi connectivity index (χ3v) is 11.6. The Morgan fingerprint density at radius 2 is 0.521 bits per heavy atom. The van der Waals surface area contributed by atoms with Gasteiger partial charge in [-0.2, -0.15) is 0 Å². The van der Waals surface area contributed by atoms with Gasteiger partial charge >= 0.3 is 0 Å². The summed E-state index contributed by atoms with van der Waals surface area (Å²) in [6, 6.07) is 7.02. The molecule has 0 aromatic heterocycles. The molecule has 0 radical (unpaired) electrons. The molecule has 0 atom stereocenters. The van der Waals surface area contributed by atoms with Gasteiger partial charge in [-0.25, -0.2) is 0 Å². The molecule has 6 aromatic rings. The second-order valence-electron chi connectivity index (χ2n) is 13.7. The molecule has 0 aliphatic heterocycles. The van der Waals surface area contributed by atoms with Crippen LogP contribution in [0.5, 0.6) is 0 Å². The molecule has 224 valence electrons. The topological polar surface area (TPSA) is 102 Å². The van der Waals surface area contributed by atoms with Gasteiger partial charge in [0.05, 0.1) is 21.5 Å². The van der Waals surface area contributed by atoms with Crippen molar-refractivity contribution in [3.8, 4) is 0 Å². The molecule has 0 fully saturated rings. The lowest BCUT2D eigenvalue weighted by Crippen LogP contribution is -2.22. The van der Waals surface area contributed by atoms with Gasteiger partial charge in [0, 0.05) is 43.8 Å². The number of hydrogen-bond acceptors (Lipinski definition) is 6. The Bertz CT molecular complexity index is 3240. The maximum Gasteiger partial charge on any atom is 0.202 e. The highest BCUT2D eigenvalue weighted by Crippen LogP contribution is 2.40. The lowest BCUT2D eigenvalue weighted by molar-refractivity contribution is 1.42. The molecule has 48 heavy (non-hydrogen) atoms. The van der Waals surface area contributed by atoms with Crippen molar-refractivity contribution in [3.63, 3.8) is 0 Å². The van der Waals surface area contributed by atoms with Gasteiger partial charge in [0.2, 0.25) is 10.9 Å². The first-order chi connectivity index (χ1) is 23.0. The zero-order valence-corrected chi connectivity index (χ0v) is 26.1. The summed E-state index contributed by atoms with van der Waals surface area (Å²) in [6.45, 7) is 7.83. The molecule has 6 heteroatoms. The van der Waals surface area contributed by atoms with E-state index >= 15 is 0 Å². The molecule has 0 saturated carbocycles. The zero-order chi connectivity index (χ0) is 33.0. The van der Waals surface area contributed by atoms with Crippen LogP contribution >= 0.6 is 0 Å². The summed E-state index contributed by atoms with van der Waals surface area (Å²) in [7, 11) is 0. The van der Waals surface area contributed by atoms with Crippen LogP contribution in [0.25, 0.3) is 88.9 Å². The van der Waals surface area contributed by atoms with Gasteiger partial charge in [0.25, 0.3) is 0 Å². The third kappa shape index (κ3) is 2.48.